The monoisotopic (exact) mass is 316 g/mol. The van der Waals surface area contributed by atoms with E-state index in [0.717, 1.165) is 0 Å². The van der Waals surface area contributed by atoms with Gasteiger partial charge in [-0.1, -0.05) is 69.1 Å². The molecule has 0 aliphatic heterocycles. The van der Waals surface area contributed by atoms with E-state index in [2.05, 4.69) is 69.1 Å². The number of benzene rings is 1. The maximum atomic E-state index is 3.70. The summed E-state index contributed by atoms with van der Waals surface area (Å²) in [7, 11) is 0. The van der Waals surface area contributed by atoms with E-state index >= 15 is 0 Å². The third-order valence-corrected chi connectivity index (χ3v) is 5.65. The zero-order valence-corrected chi connectivity index (χ0v) is 11.4. The summed E-state index contributed by atoms with van der Waals surface area (Å²) in [5.41, 5.74) is 1.87. The molecule has 1 aliphatic carbocycles. The van der Waals surface area contributed by atoms with Gasteiger partial charge in [-0.05, 0) is 30.2 Å². The second-order valence-electron chi connectivity index (χ2n) is 4.43. The molecule has 76 valence electrons. The maximum Gasteiger partial charge on any atom is 0.0865 e. The predicted molar refractivity (Wildman–Crippen MR) is 68.1 cm³/mol. The van der Waals surface area contributed by atoms with Gasteiger partial charge in [0.05, 0.1) is 3.23 Å². The zero-order valence-electron chi connectivity index (χ0n) is 8.26. The average molecular weight is 318 g/mol. The van der Waals surface area contributed by atoms with Gasteiger partial charge in [-0.2, -0.15) is 0 Å². The van der Waals surface area contributed by atoms with Crippen molar-refractivity contribution in [3.05, 3.63) is 35.9 Å². The first-order chi connectivity index (χ1) is 6.54. The third kappa shape index (κ3) is 2.06. The topological polar surface area (TPSA) is 0 Å². The Morgan fingerprint density at radius 3 is 2.29 bits per heavy atom. The zero-order chi connectivity index (χ0) is 10.2. The van der Waals surface area contributed by atoms with E-state index in [4.69, 9.17) is 0 Å². The van der Waals surface area contributed by atoms with Gasteiger partial charge in [-0.25, -0.2) is 0 Å². The first-order valence-corrected chi connectivity index (χ1v) is 6.54. The van der Waals surface area contributed by atoms with Crippen molar-refractivity contribution < 1.29 is 0 Å². The standard InChI is InChI=1S/C12H14Br2/c1-11(9-12(11,13)14)8-7-10-5-3-2-4-6-10/h2-6H,7-9H2,1H3/t11-/m1/s1. The summed E-state index contributed by atoms with van der Waals surface area (Å²) in [5.74, 6) is 0. The van der Waals surface area contributed by atoms with Crippen molar-refractivity contribution >= 4 is 31.9 Å². The van der Waals surface area contributed by atoms with Crippen LogP contribution in [0.25, 0.3) is 0 Å². The molecule has 0 saturated heterocycles. The van der Waals surface area contributed by atoms with E-state index in [1.165, 1.54) is 24.8 Å². The molecule has 1 aliphatic rings. The number of hydrogen-bond donors (Lipinski definition) is 0. The van der Waals surface area contributed by atoms with Gasteiger partial charge in [0, 0.05) is 0 Å². The lowest BCUT2D eigenvalue weighted by atomic mass is 9.99. The first-order valence-electron chi connectivity index (χ1n) is 4.95. The van der Waals surface area contributed by atoms with E-state index in [1.807, 2.05) is 0 Å². The number of alkyl halides is 2. The largest absolute Gasteiger partial charge is 0.0865 e. The summed E-state index contributed by atoms with van der Waals surface area (Å²) >= 11 is 7.40. The summed E-state index contributed by atoms with van der Waals surface area (Å²) in [6.45, 7) is 2.33. The van der Waals surface area contributed by atoms with Crippen molar-refractivity contribution in [2.45, 2.75) is 29.4 Å². The van der Waals surface area contributed by atoms with Crippen LogP contribution in [-0.4, -0.2) is 3.23 Å². The highest BCUT2D eigenvalue weighted by atomic mass is 79.9. The van der Waals surface area contributed by atoms with Crippen LogP contribution in [0.3, 0.4) is 0 Å². The minimum absolute atomic E-state index is 0.210. The molecule has 0 heterocycles. The lowest BCUT2D eigenvalue weighted by Gasteiger charge is -2.11. The highest BCUT2D eigenvalue weighted by molar-refractivity contribution is 9.25. The lowest BCUT2D eigenvalue weighted by Crippen LogP contribution is -2.04. The SMILES string of the molecule is C[C@@]1(CCc2ccccc2)CC1(Br)Br. The van der Waals surface area contributed by atoms with Crippen molar-refractivity contribution in [1.29, 1.82) is 0 Å². The molecule has 0 bridgehead atoms. The summed E-state index contributed by atoms with van der Waals surface area (Å²) in [4.78, 5) is 0. The molecule has 14 heavy (non-hydrogen) atoms. The number of rotatable bonds is 3. The Morgan fingerprint density at radius 2 is 1.79 bits per heavy atom. The van der Waals surface area contributed by atoms with E-state index < -0.39 is 0 Å². The fourth-order valence-corrected chi connectivity index (χ4v) is 3.42. The van der Waals surface area contributed by atoms with Crippen LogP contribution in [0.15, 0.2) is 30.3 Å². The smallest absolute Gasteiger partial charge is 0.0721 e. The Morgan fingerprint density at radius 1 is 1.21 bits per heavy atom. The molecule has 0 unspecified atom stereocenters. The molecule has 2 rings (SSSR count). The van der Waals surface area contributed by atoms with Crippen LogP contribution in [0, 0.1) is 5.41 Å². The molecule has 1 aromatic carbocycles. The van der Waals surface area contributed by atoms with Gasteiger partial charge in [0.1, 0.15) is 0 Å². The molecule has 0 nitrogen and oxygen atoms in total. The van der Waals surface area contributed by atoms with Gasteiger partial charge in [-0.15, -0.1) is 0 Å². The summed E-state index contributed by atoms with van der Waals surface area (Å²) in [6, 6.07) is 10.7. The van der Waals surface area contributed by atoms with Crippen molar-refractivity contribution in [3.63, 3.8) is 0 Å². The molecule has 1 saturated carbocycles. The van der Waals surface area contributed by atoms with Crippen molar-refractivity contribution in [2.24, 2.45) is 5.41 Å². The van der Waals surface area contributed by atoms with E-state index in [-0.39, 0.29) is 3.23 Å². The van der Waals surface area contributed by atoms with Crippen LogP contribution in [-0.2, 0) is 6.42 Å². The molecule has 0 radical (unpaired) electrons. The quantitative estimate of drug-likeness (QED) is 0.719. The van der Waals surface area contributed by atoms with Gasteiger partial charge in [0.25, 0.3) is 0 Å². The molecule has 0 aromatic heterocycles. The Labute approximate surface area is 102 Å². The van der Waals surface area contributed by atoms with Crippen LogP contribution in [0.5, 0.6) is 0 Å². The second-order valence-corrected chi connectivity index (χ2v) is 8.20. The fourth-order valence-electron chi connectivity index (χ4n) is 1.78. The molecule has 1 atom stereocenters. The summed E-state index contributed by atoms with van der Waals surface area (Å²) in [5, 5.41) is 0. The Balaban J connectivity index is 1.91. The molecule has 0 spiro atoms. The van der Waals surface area contributed by atoms with Gasteiger partial charge in [0.15, 0.2) is 0 Å². The van der Waals surface area contributed by atoms with Crippen LogP contribution < -0.4 is 0 Å². The minimum atomic E-state index is 0.210. The normalized spacial score (nSPS) is 28.8. The van der Waals surface area contributed by atoms with Crippen molar-refractivity contribution in [3.8, 4) is 0 Å². The van der Waals surface area contributed by atoms with Gasteiger partial charge < -0.3 is 0 Å². The Kier molecular flexibility index (Phi) is 2.78. The fraction of sp³-hybridized carbons (Fsp3) is 0.500. The number of aryl methyl sites for hydroxylation is 1. The van der Waals surface area contributed by atoms with Crippen LogP contribution >= 0.6 is 31.9 Å². The Hall–Kier alpha value is 0.180. The summed E-state index contributed by atoms with van der Waals surface area (Å²) < 4.78 is 0.210. The van der Waals surface area contributed by atoms with Gasteiger partial charge in [-0.3, -0.25) is 0 Å². The van der Waals surface area contributed by atoms with Crippen LogP contribution in [0.2, 0.25) is 0 Å². The molecular formula is C12H14Br2. The van der Waals surface area contributed by atoms with Crippen molar-refractivity contribution in [1.82, 2.24) is 0 Å². The molecule has 0 N–H and O–H groups in total. The average Bonchev–Trinajstić information content (AvgIpc) is 2.65. The summed E-state index contributed by atoms with van der Waals surface area (Å²) in [6.07, 6.45) is 3.65. The van der Waals surface area contributed by atoms with E-state index in [1.54, 1.807) is 0 Å². The molecule has 2 heteroatoms. The van der Waals surface area contributed by atoms with E-state index in [0.29, 0.717) is 5.41 Å². The maximum absolute atomic E-state index is 3.70. The highest BCUT2D eigenvalue weighted by Crippen LogP contribution is 2.68. The molecule has 1 fully saturated rings. The van der Waals surface area contributed by atoms with E-state index in [9.17, 15) is 0 Å². The van der Waals surface area contributed by atoms with Crippen molar-refractivity contribution in [2.75, 3.05) is 0 Å². The minimum Gasteiger partial charge on any atom is -0.0721 e. The number of halogens is 2. The Bertz CT molecular complexity index is 318. The van der Waals surface area contributed by atoms with Gasteiger partial charge >= 0.3 is 0 Å². The second kappa shape index (κ2) is 3.64. The van der Waals surface area contributed by atoms with Crippen LogP contribution in [0.1, 0.15) is 25.3 Å². The lowest BCUT2D eigenvalue weighted by molar-refractivity contribution is 0.518. The molecule has 1 aromatic rings. The molecule has 0 amide bonds. The molecular weight excluding hydrogens is 304 g/mol. The first kappa shape index (κ1) is 10.7. The number of hydrogen-bond acceptors (Lipinski definition) is 0. The van der Waals surface area contributed by atoms with Gasteiger partial charge in [0.2, 0.25) is 0 Å². The highest BCUT2D eigenvalue weighted by Gasteiger charge is 2.60. The van der Waals surface area contributed by atoms with Crippen LogP contribution in [0.4, 0.5) is 0 Å². The third-order valence-electron chi connectivity index (χ3n) is 3.18. The predicted octanol–water partition coefficient (Wildman–Crippen LogP) is 4.52.